The van der Waals surface area contributed by atoms with Crippen molar-refractivity contribution < 1.29 is 17.7 Å². The van der Waals surface area contributed by atoms with Gasteiger partial charge in [-0.3, -0.25) is 9.52 Å². The van der Waals surface area contributed by atoms with Gasteiger partial charge in [0, 0.05) is 31.1 Å². The first-order chi connectivity index (χ1) is 15.7. The fourth-order valence-electron chi connectivity index (χ4n) is 3.50. The minimum atomic E-state index is -4.02. The molecule has 2 N–H and O–H groups in total. The second-order valence-electron chi connectivity index (χ2n) is 7.52. The van der Waals surface area contributed by atoms with Gasteiger partial charge in [-0.2, -0.15) is 10.2 Å². The first kappa shape index (κ1) is 22.0. The first-order valence-electron chi connectivity index (χ1n) is 9.88. The molecule has 2 aromatic carbocycles. The van der Waals surface area contributed by atoms with Gasteiger partial charge in [0.1, 0.15) is 6.07 Å². The minimum absolute atomic E-state index is 0.0713. The van der Waals surface area contributed by atoms with Crippen molar-refractivity contribution in [2.24, 2.45) is 0 Å². The molecule has 0 aliphatic heterocycles. The lowest BCUT2D eigenvalue weighted by molar-refractivity contribution is 0.0780. The summed E-state index contributed by atoms with van der Waals surface area (Å²) < 4.78 is 33.7. The molecule has 4 aromatic rings. The van der Waals surface area contributed by atoms with E-state index in [9.17, 15) is 18.5 Å². The van der Waals surface area contributed by atoms with Gasteiger partial charge >= 0.3 is 0 Å². The van der Waals surface area contributed by atoms with E-state index in [0.717, 1.165) is 5.56 Å². The number of hydrogen-bond donors (Lipinski definition) is 2. The number of H-pyrrole nitrogens is 1. The third-order valence-electron chi connectivity index (χ3n) is 5.09. The molecule has 10 nitrogen and oxygen atoms in total. The van der Waals surface area contributed by atoms with Gasteiger partial charge in [-0.25, -0.2) is 8.42 Å². The Kier molecular flexibility index (Phi) is 5.61. The van der Waals surface area contributed by atoms with Gasteiger partial charge in [0.05, 0.1) is 28.2 Å². The molecule has 33 heavy (non-hydrogen) atoms. The van der Waals surface area contributed by atoms with Crippen LogP contribution in [0.4, 0.5) is 5.69 Å². The molecule has 2 aromatic heterocycles. The molecule has 11 heteroatoms. The largest absolute Gasteiger partial charge is 0.358 e. The Bertz CT molecular complexity index is 1510. The summed E-state index contributed by atoms with van der Waals surface area (Å²) in [4.78, 5) is 21.2. The molecule has 0 aliphatic carbocycles. The van der Waals surface area contributed by atoms with Crippen molar-refractivity contribution in [3.05, 3.63) is 71.0 Å². The van der Waals surface area contributed by atoms with Gasteiger partial charge in [0.25, 0.3) is 15.9 Å². The Labute approximate surface area is 189 Å². The van der Waals surface area contributed by atoms with Gasteiger partial charge < -0.3 is 14.4 Å². The van der Waals surface area contributed by atoms with Crippen LogP contribution < -0.4 is 4.72 Å². The van der Waals surface area contributed by atoms with Crippen LogP contribution in [-0.4, -0.2) is 41.4 Å². The van der Waals surface area contributed by atoms with E-state index in [0.29, 0.717) is 33.9 Å². The molecule has 0 aliphatic rings. The van der Waals surface area contributed by atoms with E-state index in [-0.39, 0.29) is 17.0 Å². The molecule has 0 saturated heterocycles. The van der Waals surface area contributed by atoms with Crippen LogP contribution in [0.3, 0.4) is 0 Å². The summed E-state index contributed by atoms with van der Waals surface area (Å²) in [6, 6.07) is 11.2. The summed E-state index contributed by atoms with van der Waals surface area (Å²) in [6.07, 6.45) is 1.54. The lowest BCUT2D eigenvalue weighted by Crippen LogP contribution is -2.27. The van der Waals surface area contributed by atoms with E-state index >= 15 is 0 Å². The maximum Gasteiger partial charge on any atom is 0.261 e. The Hall–Kier alpha value is -4.17. The van der Waals surface area contributed by atoms with Crippen LogP contribution in [0.25, 0.3) is 10.9 Å². The quantitative estimate of drug-likeness (QED) is 0.446. The number of anilines is 1. The van der Waals surface area contributed by atoms with Crippen molar-refractivity contribution in [3.63, 3.8) is 0 Å². The summed E-state index contributed by atoms with van der Waals surface area (Å²) in [5.74, 6) is 0.342. The fourth-order valence-corrected chi connectivity index (χ4v) is 4.62. The normalized spacial score (nSPS) is 11.3. The molecule has 0 bridgehead atoms. The maximum atomic E-state index is 13.1. The highest BCUT2D eigenvalue weighted by molar-refractivity contribution is 7.92. The Morgan fingerprint density at radius 1 is 1.27 bits per heavy atom. The smallest absolute Gasteiger partial charge is 0.261 e. The van der Waals surface area contributed by atoms with Crippen molar-refractivity contribution in [1.29, 1.82) is 5.26 Å². The molecule has 4 rings (SSSR count). The number of aromatic amines is 1. The van der Waals surface area contributed by atoms with Crippen molar-refractivity contribution in [2.45, 2.75) is 25.3 Å². The number of benzene rings is 2. The highest BCUT2D eigenvalue weighted by Gasteiger charge is 2.21. The number of hydrogen-bond acceptors (Lipinski definition) is 7. The number of carbonyl (C=O) groups is 1. The van der Waals surface area contributed by atoms with Crippen molar-refractivity contribution in [3.8, 4) is 6.07 Å². The highest BCUT2D eigenvalue weighted by Crippen LogP contribution is 2.30. The topological polar surface area (TPSA) is 145 Å². The summed E-state index contributed by atoms with van der Waals surface area (Å²) in [5.41, 5.74) is 2.28. The number of carbonyl (C=O) groups excluding carboxylic acids is 1. The standard InChI is InChI=1S/C22H20N6O4S/c1-13-7-8-18(21-20(13)16(10-23)11-24-21)27-33(30,31)17-6-4-5-15(9-17)22(29)28(3)12-19-25-14(2)32-26-19/h4-9,11,24,27H,12H2,1-3H3. The van der Waals surface area contributed by atoms with E-state index in [1.807, 2.05) is 6.92 Å². The number of rotatable bonds is 6. The fraction of sp³-hybridized carbons (Fsp3) is 0.182. The molecule has 0 fully saturated rings. The van der Waals surface area contributed by atoms with Gasteiger partial charge in [-0.15, -0.1) is 0 Å². The third-order valence-corrected chi connectivity index (χ3v) is 6.46. The summed E-state index contributed by atoms with van der Waals surface area (Å²) in [5, 5.41) is 13.7. The third kappa shape index (κ3) is 4.28. The average Bonchev–Trinajstić information content (AvgIpc) is 3.41. The molecular formula is C22H20N6O4S. The first-order valence-corrected chi connectivity index (χ1v) is 11.4. The predicted octanol–water partition coefficient (Wildman–Crippen LogP) is 3.11. The van der Waals surface area contributed by atoms with E-state index in [2.05, 4.69) is 25.9 Å². The molecule has 168 valence electrons. The number of sulfonamides is 1. The van der Waals surface area contributed by atoms with Crippen LogP contribution in [0, 0.1) is 25.2 Å². The van der Waals surface area contributed by atoms with Crippen LogP contribution in [0.2, 0.25) is 0 Å². The minimum Gasteiger partial charge on any atom is -0.358 e. The number of nitrogens with one attached hydrogen (secondary N) is 2. The number of nitrogens with zero attached hydrogens (tertiary/aromatic N) is 4. The van der Waals surface area contributed by atoms with Gasteiger partial charge in [-0.1, -0.05) is 17.3 Å². The van der Waals surface area contributed by atoms with Crippen LogP contribution >= 0.6 is 0 Å². The van der Waals surface area contributed by atoms with Crippen LogP contribution in [0.1, 0.15) is 33.2 Å². The summed E-state index contributed by atoms with van der Waals surface area (Å²) in [7, 11) is -2.45. The highest BCUT2D eigenvalue weighted by atomic mass is 32.2. The predicted molar refractivity (Wildman–Crippen MR) is 120 cm³/mol. The zero-order valence-electron chi connectivity index (χ0n) is 18.1. The lowest BCUT2D eigenvalue weighted by Gasteiger charge is -2.16. The zero-order chi connectivity index (χ0) is 23.8. The van der Waals surface area contributed by atoms with Crippen LogP contribution in [-0.2, 0) is 16.6 Å². The Morgan fingerprint density at radius 3 is 2.76 bits per heavy atom. The Balaban J connectivity index is 1.61. The van der Waals surface area contributed by atoms with Crippen LogP contribution in [0.5, 0.6) is 0 Å². The molecule has 2 heterocycles. The van der Waals surface area contributed by atoms with Crippen molar-refractivity contribution in [1.82, 2.24) is 20.0 Å². The number of aromatic nitrogens is 3. The molecule has 0 saturated carbocycles. The molecule has 0 radical (unpaired) electrons. The Morgan fingerprint density at radius 2 is 2.06 bits per heavy atom. The summed E-state index contributed by atoms with van der Waals surface area (Å²) >= 11 is 0. The maximum absolute atomic E-state index is 13.1. The molecule has 0 unspecified atom stereocenters. The monoisotopic (exact) mass is 464 g/mol. The number of aryl methyl sites for hydroxylation is 2. The summed E-state index contributed by atoms with van der Waals surface area (Å²) in [6.45, 7) is 3.60. The lowest BCUT2D eigenvalue weighted by atomic mass is 10.1. The van der Waals surface area contributed by atoms with Crippen LogP contribution in [0.15, 0.2) is 52.0 Å². The van der Waals surface area contributed by atoms with Crippen molar-refractivity contribution in [2.75, 3.05) is 11.8 Å². The number of amides is 1. The van der Waals surface area contributed by atoms with E-state index < -0.39 is 15.9 Å². The second-order valence-corrected chi connectivity index (χ2v) is 9.20. The second kappa shape index (κ2) is 8.40. The molecule has 0 atom stereocenters. The zero-order valence-corrected chi connectivity index (χ0v) is 18.9. The van der Waals surface area contributed by atoms with E-state index in [1.165, 1.54) is 35.4 Å². The van der Waals surface area contributed by atoms with Gasteiger partial charge in [0.2, 0.25) is 5.89 Å². The molecular weight excluding hydrogens is 444 g/mol. The number of nitriles is 1. The average molecular weight is 465 g/mol. The number of fused-ring (bicyclic) bond motifs is 1. The van der Waals surface area contributed by atoms with E-state index in [4.69, 9.17) is 4.52 Å². The van der Waals surface area contributed by atoms with E-state index in [1.54, 1.807) is 26.1 Å². The molecule has 0 spiro atoms. The van der Waals surface area contributed by atoms with Gasteiger partial charge in [-0.05, 0) is 36.8 Å². The SMILES string of the molecule is Cc1nc(CN(C)C(=O)c2cccc(S(=O)(=O)Nc3ccc(C)c4c(C#N)c[nH]c34)c2)no1. The van der Waals surface area contributed by atoms with Gasteiger partial charge in [0.15, 0.2) is 5.82 Å². The van der Waals surface area contributed by atoms with Crippen molar-refractivity contribution >= 4 is 32.5 Å². The molecule has 1 amide bonds.